The molecular weight excluding hydrogens is 138 g/mol. The van der Waals surface area contributed by atoms with E-state index in [1.807, 2.05) is 24.7 Å². The second kappa shape index (κ2) is 3.05. The van der Waals surface area contributed by atoms with Gasteiger partial charge in [-0.2, -0.15) is 0 Å². The summed E-state index contributed by atoms with van der Waals surface area (Å²) in [6.07, 6.45) is 2.95. The second-order valence-corrected chi connectivity index (χ2v) is 2.84. The predicted octanol–water partition coefficient (Wildman–Crippen LogP) is 1.00. The molecule has 1 heterocycles. The standard InChI is InChI=1S/C8H15N3/c1-4-8-10-7(6(2)9)5-11(8)3/h5-6H,4,9H2,1-3H3/t6-/m0/s1. The topological polar surface area (TPSA) is 43.8 Å². The lowest BCUT2D eigenvalue weighted by atomic mass is 10.3. The summed E-state index contributed by atoms with van der Waals surface area (Å²) in [5.74, 6) is 1.09. The number of hydrogen-bond donors (Lipinski definition) is 1. The zero-order valence-corrected chi connectivity index (χ0v) is 7.33. The van der Waals surface area contributed by atoms with E-state index in [-0.39, 0.29) is 6.04 Å². The fourth-order valence-electron chi connectivity index (χ4n) is 1.08. The molecule has 0 radical (unpaired) electrons. The maximum absolute atomic E-state index is 5.67. The zero-order chi connectivity index (χ0) is 8.43. The lowest BCUT2D eigenvalue weighted by Crippen LogP contribution is -2.05. The number of aryl methyl sites for hydroxylation is 2. The van der Waals surface area contributed by atoms with Gasteiger partial charge in [0.2, 0.25) is 0 Å². The number of rotatable bonds is 2. The molecule has 0 aliphatic rings. The first-order chi connectivity index (χ1) is 5.15. The van der Waals surface area contributed by atoms with Crippen LogP contribution in [0.3, 0.4) is 0 Å². The molecule has 1 atom stereocenters. The minimum Gasteiger partial charge on any atom is -0.338 e. The summed E-state index contributed by atoms with van der Waals surface area (Å²) in [6.45, 7) is 4.04. The highest BCUT2D eigenvalue weighted by Gasteiger charge is 2.05. The molecule has 0 aliphatic heterocycles. The largest absolute Gasteiger partial charge is 0.338 e. The molecular formula is C8H15N3. The Bertz CT molecular complexity index is 237. The molecule has 1 rings (SSSR count). The monoisotopic (exact) mass is 153 g/mol. The van der Waals surface area contributed by atoms with Gasteiger partial charge in [0, 0.05) is 25.7 Å². The molecule has 0 bridgehead atoms. The summed E-state index contributed by atoms with van der Waals surface area (Å²) in [5.41, 5.74) is 6.65. The Hall–Kier alpha value is -0.830. The Morgan fingerprint density at radius 1 is 1.73 bits per heavy atom. The Morgan fingerprint density at radius 2 is 2.36 bits per heavy atom. The molecule has 0 aliphatic carbocycles. The van der Waals surface area contributed by atoms with Gasteiger partial charge in [0.25, 0.3) is 0 Å². The Labute approximate surface area is 67.2 Å². The third kappa shape index (κ3) is 1.60. The van der Waals surface area contributed by atoms with Crippen molar-refractivity contribution >= 4 is 0 Å². The van der Waals surface area contributed by atoms with Crippen molar-refractivity contribution in [3.8, 4) is 0 Å². The second-order valence-electron chi connectivity index (χ2n) is 2.84. The van der Waals surface area contributed by atoms with Gasteiger partial charge in [-0.05, 0) is 6.92 Å². The van der Waals surface area contributed by atoms with Gasteiger partial charge in [-0.1, -0.05) is 6.92 Å². The minimum absolute atomic E-state index is 0.0431. The molecule has 62 valence electrons. The van der Waals surface area contributed by atoms with E-state index >= 15 is 0 Å². The lowest BCUT2D eigenvalue weighted by molar-refractivity contribution is 0.782. The summed E-state index contributed by atoms with van der Waals surface area (Å²) in [6, 6.07) is 0.0431. The smallest absolute Gasteiger partial charge is 0.108 e. The molecule has 1 aromatic heterocycles. The Morgan fingerprint density at radius 3 is 2.64 bits per heavy atom. The maximum Gasteiger partial charge on any atom is 0.108 e. The molecule has 3 nitrogen and oxygen atoms in total. The van der Waals surface area contributed by atoms with Gasteiger partial charge in [0.1, 0.15) is 5.82 Å². The summed E-state index contributed by atoms with van der Waals surface area (Å²) in [7, 11) is 2.00. The lowest BCUT2D eigenvalue weighted by Gasteiger charge is -1.96. The van der Waals surface area contributed by atoms with Crippen LogP contribution in [0.5, 0.6) is 0 Å². The molecule has 0 spiro atoms. The van der Waals surface area contributed by atoms with Crippen LogP contribution in [0, 0.1) is 0 Å². The molecule has 0 saturated heterocycles. The first kappa shape index (κ1) is 8.27. The van der Waals surface area contributed by atoms with E-state index < -0.39 is 0 Å². The van der Waals surface area contributed by atoms with Gasteiger partial charge in [-0.3, -0.25) is 0 Å². The van der Waals surface area contributed by atoms with Crippen LogP contribution < -0.4 is 5.73 Å². The van der Waals surface area contributed by atoms with Crippen molar-refractivity contribution in [2.45, 2.75) is 26.3 Å². The Balaban J connectivity index is 2.95. The molecule has 11 heavy (non-hydrogen) atoms. The van der Waals surface area contributed by atoms with Crippen LogP contribution in [0.1, 0.15) is 31.4 Å². The van der Waals surface area contributed by atoms with Crippen molar-refractivity contribution < 1.29 is 0 Å². The highest BCUT2D eigenvalue weighted by Crippen LogP contribution is 2.08. The summed E-state index contributed by atoms with van der Waals surface area (Å²) in [5, 5.41) is 0. The molecule has 1 aromatic rings. The van der Waals surface area contributed by atoms with Crippen LogP contribution in [-0.2, 0) is 13.5 Å². The highest BCUT2D eigenvalue weighted by molar-refractivity contribution is 5.06. The first-order valence-corrected chi connectivity index (χ1v) is 3.92. The van der Waals surface area contributed by atoms with Gasteiger partial charge in [-0.25, -0.2) is 4.98 Å². The van der Waals surface area contributed by atoms with Crippen molar-refractivity contribution in [3.05, 3.63) is 17.7 Å². The maximum atomic E-state index is 5.67. The van der Waals surface area contributed by atoms with E-state index in [1.165, 1.54) is 0 Å². The quantitative estimate of drug-likeness (QED) is 0.689. The first-order valence-electron chi connectivity index (χ1n) is 3.92. The van der Waals surface area contributed by atoms with E-state index in [1.54, 1.807) is 0 Å². The van der Waals surface area contributed by atoms with E-state index in [0.29, 0.717) is 0 Å². The van der Waals surface area contributed by atoms with Crippen LogP contribution in [0.4, 0.5) is 0 Å². The summed E-state index contributed by atoms with van der Waals surface area (Å²) in [4.78, 5) is 4.37. The zero-order valence-electron chi connectivity index (χ0n) is 7.33. The van der Waals surface area contributed by atoms with Crippen LogP contribution in [-0.4, -0.2) is 9.55 Å². The van der Waals surface area contributed by atoms with Gasteiger partial charge < -0.3 is 10.3 Å². The third-order valence-corrected chi connectivity index (χ3v) is 1.77. The average molecular weight is 153 g/mol. The van der Waals surface area contributed by atoms with Crippen molar-refractivity contribution in [2.24, 2.45) is 12.8 Å². The van der Waals surface area contributed by atoms with E-state index in [9.17, 15) is 0 Å². The van der Waals surface area contributed by atoms with E-state index in [2.05, 4.69) is 11.9 Å². The van der Waals surface area contributed by atoms with Crippen LogP contribution in [0.2, 0.25) is 0 Å². The minimum atomic E-state index is 0.0431. The van der Waals surface area contributed by atoms with Gasteiger partial charge in [-0.15, -0.1) is 0 Å². The molecule has 0 unspecified atom stereocenters. The third-order valence-electron chi connectivity index (χ3n) is 1.77. The van der Waals surface area contributed by atoms with E-state index in [4.69, 9.17) is 5.73 Å². The van der Waals surface area contributed by atoms with Crippen molar-refractivity contribution in [1.29, 1.82) is 0 Å². The predicted molar refractivity (Wildman–Crippen MR) is 45.2 cm³/mol. The molecule has 0 saturated carbocycles. The molecule has 2 N–H and O–H groups in total. The SMILES string of the molecule is CCc1nc([C@H](C)N)cn1C. The summed E-state index contributed by atoms with van der Waals surface area (Å²) < 4.78 is 2.03. The van der Waals surface area contributed by atoms with E-state index in [0.717, 1.165) is 17.9 Å². The number of hydrogen-bond acceptors (Lipinski definition) is 2. The molecule has 3 heteroatoms. The number of imidazole rings is 1. The van der Waals surface area contributed by atoms with Crippen molar-refractivity contribution in [2.75, 3.05) is 0 Å². The number of nitrogens with two attached hydrogens (primary N) is 1. The van der Waals surface area contributed by atoms with Crippen LogP contribution in [0.25, 0.3) is 0 Å². The van der Waals surface area contributed by atoms with Crippen molar-refractivity contribution in [1.82, 2.24) is 9.55 Å². The van der Waals surface area contributed by atoms with Gasteiger partial charge in [0.05, 0.1) is 5.69 Å². The normalized spacial score (nSPS) is 13.5. The van der Waals surface area contributed by atoms with Crippen LogP contribution in [0.15, 0.2) is 6.20 Å². The highest BCUT2D eigenvalue weighted by atomic mass is 15.1. The fourth-order valence-corrected chi connectivity index (χ4v) is 1.08. The molecule has 0 fully saturated rings. The van der Waals surface area contributed by atoms with Crippen LogP contribution >= 0.6 is 0 Å². The molecule has 0 amide bonds. The number of aromatic nitrogens is 2. The molecule has 0 aromatic carbocycles. The average Bonchev–Trinajstić information content (AvgIpc) is 2.31. The van der Waals surface area contributed by atoms with Crippen molar-refractivity contribution in [3.63, 3.8) is 0 Å². The number of nitrogens with zero attached hydrogens (tertiary/aromatic N) is 2. The fraction of sp³-hybridized carbons (Fsp3) is 0.625. The summed E-state index contributed by atoms with van der Waals surface area (Å²) >= 11 is 0. The van der Waals surface area contributed by atoms with Gasteiger partial charge in [0.15, 0.2) is 0 Å². The Kier molecular flexibility index (Phi) is 2.29. The van der Waals surface area contributed by atoms with Gasteiger partial charge >= 0.3 is 0 Å².